The molecular formula is C20H19F4N3O. The van der Waals surface area contributed by atoms with Crippen LogP contribution in [0, 0.1) is 17.7 Å². The molecule has 3 aromatic rings. The van der Waals surface area contributed by atoms with Crippen molar-refractivity contribution in [1.82, 2.24) is 9.38 Å². The van der Waals surface area contributed by atoms with Crippen molar-refractivity contribution in [1.29, 1.82) is 0 Å². The van der Waals surface area contributed by atoms with Crippen LogP contribution < -0.4 is 5.32 Å². The lowest BCUT2D eigenvalue weighted by atomic mass is 9.97. The lowest BCUT2D eigenvalue weighted by Crippen LogP contribution is -2.24. The molecule has 1 aromatic carbocycles. The molecule has 0 aliphatic rings. The summed E-state index contributed by atoms with van der Waals surface area (Å²) in [6.45, 7) is 5.52. The highest BCUT2D eigenvalue weighted by Gasteiger charge is 2.31. The number of rotatable bonds is 4. The molecule has 8 heteroatoms. The van der Waals surface area contributed by atoms with E-state index in [1.807, 2.05) is 13.8 Å². The van der Waals surface area contributed by atoms with Crippen molar-refractivity contribution in [3.63, 3.8) is 0 Å². The quantitative estimate of drug-likeness (QED) is 0.604. The molecule has 2 heterocycles. The molecule has 0 saturated carbocycles. The zero-order valence-corrected chi connectivity index (χ0v) is 15.5. The highest BCUT2D eigenvalue weighted by atomic mass is 19.4. The summed E-state index contributed by atoms with van der Waals surface area (Å²) in [5.41, 5.74) is -0.184. The minimum Gasteiger partial charge on any atom is -0.309 e. The van der Waals surface area contributed by atoms with Gasteiger partial charge in [0.2, 0.25) is 5.91 Å². The van der Waals surface area contributed by atoms with Crippen molar-refractivity contribution in [2.75, 3.05) is 5.32 Å². The maximum absolute atomic E-state index is 13.8. The smallest absolute Gasteiger partial charge is 0.309 e. The van der Waals surface area contributed by atoms with Crippen LogP contribution in [0.3, 0.4) is 0 Å². The average molecular weight is 393 g/mol. The standard InChI is InChI=1S/C20H19F4N3O/c1-11(2)12(3)19(28)26-18-17(27-10-15(21)7-8-16(27)25-18)13-5-4-6-14(9-13)20(22,23)24/h4-12H,1-3H3,(H,26,28). The summed E-state index contributed by atoms with van der Waals surface area (Å²) in [6.07, 6.45) is -3.41. The minimum atomic E-state index is -4.53. The van der Waals surface area contributed by atoms with E-state index in [-0.39, 0.29) is 34.8 Å². The summed E-state index contributed by atoms with van der Waals surface area (Å²) in [7, 11) is 0. The Hall–Kier alpha value is -2.90. The second kappa shape index (κ2) is 7.26. The molecular weight excluding hydrogens is 374 g/mol. The zero-order valence-electron chi connectivity index (χ0n) is 15.5. The van der Waals surface area contributed by atoms with Crippen LogP contribution in [-0.4, -0.2) is 15.3 Å². The van der Waals surface area contributed by atoms with Crippen LogP contribution in [0.1, 0.15) is 26.3 Å². The number of pyridine rings is 1. The van der Waals surface area contributed by atoms with Gasteiger partial charge in [0, 0.05) is 17.7 Å². The Morgan fingerprint density at radius 3 is 2.50 bits per heavy atom. The number of aromatic nitrogens is 2. The fraction of sp³-hybridized carbons (Fsp3) is 0.300. The van der Waals surface area contributed by atoms with Crippen LogP contribution in [0.15, 0.2) is 42.6 Å². The molecule has 3 rings (SSSR count). The first-order chi connectivity index (χ1) is 13.1. The number of anilines is 1. The van der Waals surface area contributed by atoms with Gasteiger partial charge in [-0.3, -0.25) is 9.20 Å². The van der Waals surface area contributed by atoms with Gasteiger partial charge in [0.05, 0.1) is 11.3 Å². The highest BCUT2D eigenvalue weighted by Crippen LogP contribution is 2.35. The van der Waals surface area contributed by atoms with Crippen molar-refractivity contribution in [3.05, 3.63) is 54.0 Å². The van der Waals surface area contributed by atoms with E-state index in [1.165, 1.54) is 28.7 Å². The van der Waals surface area contributed by atoms with Crippen molar-refractivity contribution >= 4 is 17.4 Å². The molecule has 1 N–H and O–H groups in total. The third-order valence-electron chi connectivity index (χ3n) is 4.70. The fourth-order valence-electron chi connectivity index (χ4n) is 2.76. The predicted molar refractivity (Wildman–Crippen MR) is 98.2 cm³/mol. The molecule has 1 amide bonds. The number of alkyl halides is 3. The van der Waals surface area contributed by atoms with E-state index in [4.69, 9.17) is 0 Å². The predicted octanol–water partition coefficient (Wildman–Crippen LogP) is 5.39. The Morgan fingerprint density at radius 1 is 1.14 bits per heavy atom. The number of imidazole rings is 1. The summed E-state index contributed by atoms with van der Waals surface area (Å²) < 4.78 is 54.5. The number of benzene rings is 1. The summed E-state index contributed by atoms with van der Waals surface area (Å²) >= 11 is 0. The summed E-state index contributed by atoms with van der Waals surface area (Å²) in [5, 5.41) is 2.68. The van der Waals surface area contributed by atoms with Crippen molar-refractivity contribution in [2.45, 2.75) is 26.9 Å². The lowest BCUT2D eigenvalue weighted by molar-refractivity contribution is -0.137. The van der Waals surface area contributed by atoms with Gasteiger partial charge in [0.1, 0.15) is 11.5 Å². The molecule has 0 radical (unpaired) electrons. The van der Waals surface area contributed by atoms with E-state index in [0.29, 0.717) is 5.65 Å². The van der Waals surface area contributed by atoms with E-state index >= 15 is 0 Å². The van der Waals surface area contributed by atoms with E-state index in [2.05, 4.69) is 10.3 Å². The number of carbonyl (C=O) groups excluding carboxylic acids is 1. The first-order valence-electron chi connectivity index (χ1n) is 8.74. The largest absolute Gasteiger partial charge is 0.416 e. The number of fused-ring (bicyclic) bond motifs is 1. The Balaban J connectivity index is 2.17. The number of hydrogen-bond donors (Lipinski definition) is 1. The molecule has 0 aliphatic carbocycles. The number of nitrogens with zero attached hydrogens (tertiary/aromatic N) is 2. The van der Waals surface area contributed by atoms with Crippen molar-refractivity contribution < 1.29 is 22.4 Å². The van der Waals surface area contributed by atoms with Gasteiger partial charge in [0.15, 0.2) is 5.82 Å². The lowest BCUT2D eigenvalue weighted by Gasteiger charge is -2.15. The SMILES string of the molecule is CC(C)C(C)C(=O)Nc1nc2ccc(F)cn2c1-c1cccc(C(F)(F)F)c1. The first kappa shape index (κ1) is 19.9. The molecule has 0 aliphatic heterocycles. The monoisotopic (exact) mass is 393 g/mol. The van der Waals surface area contributed by atoms with Crippen LogP contribution in [0.5, 0.6) is 0 Å². The maximum Gasteiger partial charge on any atom is 0.416 e. The number of amides is 1. The third-order valence-corrected chi connectivity index (χ3v) is 4.70. The average Bonchev–Trinajstić information content (AvgIpc) is 2.97. The Morgan fingerprint density at radius 2 is 1.86 bits per heavy atom. The minimum absolute atomic E-state index is 0.0616. The highest BCUT2D eigenvalue weighted by molar-refractivity contribution is 5.95. The summed E-state index contributed by atoms with van der Waals surface area (Å²) in [5.74, 6) is -1.08. The Kier molecular flexibility index (Phi) is 5.14. The fourth-order valence-corrected chi connectivity index (χ4v) is 2.76. The van der Waals surface area contributed by atoms with E-state index in [9.17, 15) is 22.4 Å². The Labute approximate surface area is 159 Å². The van der Waals surface area contributed by atoms with E-state index in [0.717, 1.165) is 18.3 Å². The molecule has 0 fully saturated rings. The van der Waals surface area contributed by atoms with Crippen LogP contribution in [0.4, 0.5) is 23.4 Å². The normalized spacial score (nSPS) is 13.1. The van der Waals surface area contributed by atoms with E-state index in [1.54, 1.807) is 6.92 Å². The molecule has 0 saturated heterocycles. The van der Waals surface area contributed by atoms with Crippen LogP contribution >= 0.6 is 0 Å². The zero-order chi connectivity index (χ0) is 20.6. The van der Waals surface area contributed by atoms with Gasteiger partial charge in [-0.25, -0.2) is 9.37 Å². The third kappa shape index (κ3) is 3.85. The van der Waals surface area contributed by atoms with Gasteiger partial charge in [-0.05, 0) is 30.2 Å². The van der Waals surface area contributed by atoms with Crippen LogP contribution in [0.25, 0.3) is 16.9 Å². The molecule has 1 atom stereocenters. The molecule has 2 aromatic heterocycles. The van der Waals surface area contributed by atoms with Gasteiger partial charge in [0.25, 0.3) is 0 Å². The van der Waals surface area contributed by atoms with Gasteiger partial charge in [-0.2, -0.15) is 13.2 Å². The first-order valence-corrected chi connectivity index (χ1v) is 8.74. The van der Waals surface area contributed by atoms with Crippen LogP contribution in [-0.2, 0) is 11.0 Å². The number of halogens is 4. The van der Waals surface area contributed by atoms with Crippen LogP contribution in [0.2, 0.25) is 0 Å². The van der Waals surface area contributed by atoms with Crippen molar-refractivity contribution in [2.24, 2.45) is 11.8 Å². The second-order valence-corrected chi connectivity index (χ2v) is 6.99. The number of hydrogen-bond acceptors (Lipinski definition) is 2. The Bertz CT molecular complexity index is 1020. The summed E-state index contributed by atoms with van der Waals surface area (Å²) in [4.78, 5) is 16.8. The van der Waals surface area contributed by atoms with Gasteiger partial charge < -0.3 is 5.32 Å². The van der Waals surface area contributed by atoms with Gasteiger partial charge >= 0.3 is 6.18 Å². The molecule has 0 bridgehead atoms. The second-order valence-electron chi connectivity index (χ2n) is 6.99. The number of carbonyl (C=O) groups is 1. The maximum atomic E-state index is 13.8. The summed E-state index contributed by atoms with van der Waals surface area (Å²) in [6, 6.07) is 7.22. The van der Waals surface area contributed by atoms with Gasteiger partial charge in [-0.15, -0.1) is 0 Å². The molecule has 28 heavy (non-hydrogen) atoms. The molecule has 0 spiro atoms. The van der Waals surface area contributed by atoms with Crippen molar-refractivity contribution in [3.8, 4) is 11.3 Å². The number of nitrogens with one attached hydrogen (secondary N) is 1. The van der Waals surface area contributed by atoms with Gasteiger partial charge in [-0.1, -0.05) is 32.9 Å². The molecule has 1 unspecified atom stereocenters. The molecule has 4 nitrogen and oxygen atoms in total. The molecule has 148 valence electrons. The topological polar surface area (TPSA) is 46.4 Å². The van der Waals surface area contributed by atoms with E-state index < -0.39 is 17.6 Å².